The standard InChI is InChI=1S/C26H29N3O/c30-26(21-29-17-15-28(16-18-29)20-23-11-5-2-6-12-23)27-25-14-8-7-13-24(25)19-22-9-3-1-4-10-22/h1-14H,15-21H2,(H,27,30)/p+2. The first-order valence-corrected chi connectivity index (χ1v) is 10.9. The van der Waals surface area contributed by atoms with Crippen LogP contribution in [0.2, 0.25) is 0 Å². The molecular formula is C26H31N3O+2. The van der Waals surface area contributed by atoms with E-state index in [1.54, 1.807) is 4.90 Å². The molecule has 0 bridgehead atoms. The van der Waals surface area contributed by atoms with E-state index in [-0.39, 0.29) is 5.91 Å². The number of piperazine rings is 1. The van der Waals surface area contributed by atoms with Gasteiger partial charge in [-0.05, 0) is 23.6 Å². The zero-order valence-electron chi connectivity index (χ0n) is 17.4. The molecule has 1 saturated heterocycles. The molecule has 0 aliphatic carbocycles. The van der Waals surface area contributed by atoms with E-state index >= 15 is 0 Å². The Labute approximate surface area is 179 Å². The van der Waals surface area contributed by atoms with Crippen LogP contribution in [0.4, 0.5) is 5.69 Å². The molecule has 3 aromatic rings. The molecule has 154 valence electrons. The second-order valence-corrected chi connectivity index (χ2v) is 8.21. The Morgan fingerprint density at radius 1 is 0.700 bits per heavy atom. The van der Waals surface area contributed by atoms with Gasteiger partial charge in [0, 0.05) is 11.3 Å². The van der Waals surface area contributed by atoms with Crippen molar-refractivity contribution in [2.24, 2.45) is 0 Å². The molecule has 1 amide bonds. The van der Waals surface area contributed by atoms with Crippen molar-refractivity contribution in [3.8, 4) is 0 Å². The van der Waals surface area contributed by atoms with Crippen molar-refractivity contribution in [1.82, 2.24) is 0 Å². The van der Waals surface area contributed by atoms with Gasteiger partial charge in [-0.25, -0.2) is 0 Å². The van der Waals surface area contributed by atoms with Crippen molar-refractivity contribution in [2.45, 2.75) is 13.0 Å². The van der Waals surface area contributed by atoms with Crippen LogP contribution in [0.15, 0.2) is 84.9 Å². The normalized spacial score (nSPS) is 18.7. The minimum atomic E-state index is 0.108. The number of anilines is 1. The van der Waals surface area contributed by atoms with Gasteiger partial charge >= 0.3 is 0 Å². The maximum absolute atomic E-state index is 12.7. The van der Waals surface area contributed by atoms with Crippen LogP contribution in [0.5, 0.6) is 0 Å². The molecule has 1 aliphatic heterocycles. The van der Waals surface area contributed by atoms with E-state index in [1.165, 1.54) is 16.0 Å². The predicted molar refractivity (Wildman–Crippen MR) is 121 cm³/mol. The van der Waals surface area contributed by atoms with Crippen molar-refractivity contribution in [3.63, 3.8) is 0 Å². The van der Waals surface area contributed by atoms with E-state index in [0.29, 0.717) is 6.54 Å². The fourth-order valence-corrected chi connectivity index (χ4v) is 4.23. The van der Waals surface area contributed by atoms with E-state index in [2.05, 4.69) is 66.0 Å². The highest BCUT2D eigenvalue weighted by Gasteiger charge is 2.25. The number of quaternary nitrogens is 2. The average Bonchev–Trinajstić information content (AvgIpc) is 2.78. The monoisotopic (exact) mass is 401 g/mol. The second-order valence-electron chi connectivity index (χ2n) is 8.21. The number of benzene rings is 3. The van der Waals surface area contributed by atoms with Crippen LogP contribution < -0.4 is 15.1 Å². The van der Waals surface area contributed by atoms with Gasteiger partial charge in [0.05, 0.1) is 0 Å². The largest absolute Gasteiger partial charge is 0.322 e. The Balaban J connectivity index is 1.27. The maximum atomic E-state index is 12.7. The summed E-state index contributed by atoms with van der Waals surface area (Å²) in [6.07, 6.45) is 0.825. The third-order valence-electron chi connectivity index (χ3n) is 5.90. The predicted octanol–water partition coefficient (Wildman–Crippen LogP) is 1.20. The van der Waals surface area contributed by atoms with E-state index in [4.69, 9.17) is 0 Å². The molecule has 0 spiro atoms. The minimum Gasteiger partial charge on any atom is -0.322 e. The molecule has 4 rings (SSSR count). The number of nitrogens with one attached hydrogen (secondary N) is 3. The molecule has 4 nitrogen and oxygen atoms in total. The molecule has 0 unspecified atom stereocenters. The number of rotatable bonds is 7. The van der Waals surface area contributed by atoms with Gasteiger partial charge in [-0.1, -0.05) is 78.9 Å². The Morgan fingerprint density at radius 2 is 1.27 bits per heavy atom. The van der Waals surface area contributed by atoms with E-state index in [9.17, 15) is 4.79 Å². The molecule has 0 atom stereocenters. The summed E-state index contributed by atoms with van der Waals surface area (Å²) in [5.41, 5.74) is 4.73. The summed E-state index contributed by atoms with van der Waals surface area (Å²) in [5.74, 6) is 0.108. The van der Waals surface area contributed by atoms with Crippen molar-refractivity contribution in [1.29, 1.82) is 0 Å². The molecule has 4 heteroatoms. The number of hydrogen-bond donors (Lipinski definition) is 3. The van der Waals surface area contributed by atoms with E-state index in [1.807, 2.05) is 24.3 Å². The van der Waals surface area contributed by atoms with Crippen LogP contribution in [0.1, 0.15) is 16.7 Å². The maximum Gasteiger partial charge on any atom is 0.279 e. The number of hydrogen-bond acceptors (Lipinski definition) is 1. The third kappa shape index (κ3) is 5.78. The topological polar surface area (TPSA) is 38.0 Å². The first-order chi connectivity index (χ1) is 14.8. The lowest BCUT2D eigenvalue weighted by Gasteiger charge is -2.29. The molecule has 1 aliphatic rings. The SMILES string of the molecule is O=C(C[NH+]1CC[NH+](Cc2ccccc2)CC1)Nc1ccccc1Cc1ccccc1. The first-order valence-electron chi connectivity index (χ1n) is 10.9. The fraction of sp³-hybridized carbons (Fsp3) is 0.269. The van der Waals surface area contributed by atoms with Gasteiger partial charge in [0.15, 0.2) is 6.54 Å². The van der Waals surface area contributed by atoms with E-state index in [0.717, 1.165) is 50.4 Å². The van der Waals surface area contributed by atoms with Crippen molar-refractivity contribution < 1.29 is 14.6 Å². The highest BCUT2D eigenvalue weighted by Crippen LogP contribution is 2.18. The number of para-hydroxylation sites is 1. The number of carbonyl (C=O) groups excluding carboxylic acids is 1. The molecule has 30 heavy (non-hydrogen) atoms. The number of carbonyl (C=O) groups is 1. The van der Waals surface area contributed by atoms with E-state index < -0.39 is 0 Å². The summed E-state index contributed by atoms with van der Waals surface area (Å²) in [6.45, 7) is 5.93. The zero-order valence-corrected chi connectivity index (χ0v) is 17.4. The quantitative estimate of drug-likeness (QED) is 0.547. The van der Waals surface area contributed by atoms with Gasteiger partial charge in [0.1, 0.15) is 32.7 Å². The third-order valence-corrected chi connectivity index (χ3v) is 5.90. The van der Waals surface area contributed by atoms with Crippen LogP contribution in [0, 0.1) is 0 Å². The van der Waals surface area contributed by atoms with Crippen LogP contribution >= 0.6 is 0 Å². The van der Waals surface area contributed by atoms with Gasteiger partial charge in [-0.2, -0.15) is 0 Å². The Morgan fingerprint density at radius 3 is 1.97 bits per heavy atom. The van der Waals surface area contributed by atoms with Gasteiger partial charge in [-0.15, -0.1) is 0 Å². The summed E-state index contributed by atoms with van der Waals surface area (Å²) >= 11 is 0. The van der Waals surface area contributed by atoms with Gasteiger partial charge in [0.2, 0.25) is 0 Å². The zero-order chi connectivity index (χ0) is 20.6. The highest BCUT2D eigenvalue weighted by molar-refractivity contribution is 5.92. The summed E-state index contributed by atoms with van der Waals surface area (Å²) in [5, 5.41) is 3.16. The summed E-state index contributed by atoms with van der Waals surface area (Å²) in [4.78, 5) is 15.7. The molecule has 0 radical (unpaired) electrons. The van der Waals surface area contributed by atoms with Crippen LogP contribution in [-0.4, -0.2) is 38.6 Å². The Hall–Kier alpha value is -2.95. The Kier molecular flexibility index (Phi) is 6.91. The molecular weight excluding hydrogens is 370 g/mol. The molecule has 1 fully saturated rings. The number of amides is 1. The summed E-state index contributed by atoms with van der Waals surface area (Å²) < 4.78 is 0. The van der Waals surface area contributed by atoms with Crippen molar-refractivity contribution in [3.05, 3.63) is 102 Å². The smallest absolute Gasteiger partial charge is 0.279 e. The summed E-state index contributed by atoms with van der Waals surface area (Å²) in [6, 6.07) is 29.2. The minimum absolute atomic E-state index is 0.108. The van der Waals surface area contributed by atoms with Crippen LogP contribution in [0.3, 0.4) is 0 Å². The lowest BCUT2D eigenvalue weighted by atomic mass is 10.0. The average molecular weight is 402 g/mol. The lowest BCUT2D eigenvalue weighted by Crippen LogP contribution is -3.28. The second kappa shape index (κ2) is 10.2. The van der Waals surface area contributed by atoms with Crippen LogP contribution in [-0.2, 0) is 17.8 Å². The molecule has 0 saturated carbocycles. The van der Waals surface area contributed by atoms with Crippen molar-refractivity contribution in [2.75, 3.05) is 38.0 Å². The molecule has 3 N–H and O–H groups in total. The fourth-order valence-electron chi connectivity index (χ4n) is 4.23. The van der Waals surface area contributed by atoms with Gasteiger partial charge in [0.25, 0.3) is 5.91 Å². The van der Waals surface area contributed by atoms with Gasteiger partial charge < -0.3 is 15.1 Å². The molecule has 0 aromatic heterocycles. The van der Waals surface area contributed by atoms with Crippen molar-refractivity contribution >= 4 is 11.6 Å². The summed E-state index contributed by atoms with van der Waals surface area (Å²) in [7, 11) is 0. The Bertz CT molecular complexity index is 935. The molecule has 1 heterocycles. The first kappa shape index (κ1) is 20.3. The van der Waals surface area contributed by atoms with Crippen LogP contribution in [0.25, 0.3) is 0 Å². The lowest BCUT2D eigenvalue weighted by molar-refractivity contribution is -1.02. The van der Waals surface area contributed by atoms with Gasteiger partial charge in [-0.3, -0.25) is 4.79 Å². The highest BCUT2D eigenvalue weighted by atomic mass is 16.2. The molecule has 3 aromatic carbocycles.